The van der Waals surface area contributed by atoms with Crippen LogP contribution in [0.5, 0.6) is 5.75 Å². The van der Waals surface area contributed by atoms with Gasteiger partial charge >= 0.3 is 5.97 Å². The Morgan fingerprint density at radius 1 is 1.17 bits per heavy atom. The zero-order valence-corrected chi connectivity index (χ0v) is 15.5. The number of nitro groups is 1. The van der Waals surface area contributed by atoms with Crippen LogP contribution in [-0.2, 0) is 20.7 Å². The van der Waals surface area contributed by atoms with Gasteiger partial charge in [-0.25, -0.2) is 0 Å². The number of fused-ring (bicyclic) bond motifs is 1. The van der Waals surface area contributed by atoms with Gasteiger partial charge in [-0.15, -0.1) is 0 Å². The molecule has 3 aromatic rings. The fourth-order valence-electron chi connectivity index (χ4n) is 2.74. The number of amides is 1. The van der Waals surface area contributed by atoms with Crippen molar-refractivity contribution in [3.05, 3.63) is 70.4 Å². The molecule has 3 rings (SSSR count). The molecule has 0 radical (unpaired) electrons. The van der Waals surface area contributed by atoms with Gasteiger partial charge in [0.15, 0.2) is 6.61 Å². The summed E-state index contributed by atoms with van der Waals surface area (Å²) in [5.74, 6) is -1.02. The van der Waals surface area contributed by atoms with Crippen LogP contribution < -0.4 is 10.1 Å². The molecule has 0 fully saturated rings. The van der Waals surface area contributed by atoms with E-state index in [9.17, 15) is 19.7 Å². The van der Waals surface area contributed by atoms with Crippen molar-refractivity contribution < 1.29 is 24.0 Å². The molecule has 0 atom stereocenters. The fraction of sp³-hybridized carbons (Fsp3) is 0.150. The maximum atomic E-state index is 12.1. The lowest BCUT2D eigenvalue weighted by Crippen LogP contribution is -2.22. The minimum absolute atomic E-state index is 0.0184. The predicted molar refractivity (Wildman–Crippen MR) is 105 cm³/mol. The molecular formula is C20H17N3O6. The van der Waals surface area contributed by atoms with E-state index in [1.807, 2.05) is 18.2 Å². The maximum absolute atomic E-state index is 12.1. The number of nitrogens with one attached hydrogen (secondary N) is 1. The number of carbonyl (C=O) groups is 2. The zero-order chi connectivity index (χ0) is 20.8. The zero-order valence-electron chi connectivity index (χ0n) is 15.5. The average Bonchev–Trinajstić information content (AvgIpc) is 2.72. The highest BCUT2D eigenvalue weighted by atomic mass is 16.6. The van der Waals surface area contributed by atoms with Crippen LogP contribution in [-0.4, -0.2) is 35.5 Å². The number of benzene rings is 2. The third kappa shape index (κ3) is 4.83. The second kappa shape index (κ2) is 8.79. The minimum atomic E-state index is -0.692. The Balaban J connectivity index is 1.61. The Morgan fingerprint density at radius 2 is 1.97 bits per heavy atom. The number of ether oxygens (including phenoxy) is 2. The molecular weight excluding hydrogens is 378 g/mol. The summed E-state index contributed by atoms with van der Waals surface area (Å²) in [4.78, 5) is 39.0. The molecule has 1 amide bonds. The Labute approximate surface area is 165 Å². The predicted octanol–water partition coefficient (Wildman–Crippen LogP) is 2.88. The highest BCUT2D eigenvalue weighted by molar-refractivity contribution is 5.95. The van der Waals surface area contributed by atoms with Gasteiger partial charge in [0.25, 0.3) is 11.6 Å². The van der Waals surface area contributed by atoms with Crippen molar-refractivity contribution in [1.29, 1.82) is 0 Å². The summed E-state index contributed by atoms with van der Waals surface area (Å²) in [5, 5.41) is 14.4. The SMILES string of the molecule is COc1ccc(NC(=O)COC(=O)Cc2cccc3cccnc23)c([N+](=O)[O-])c1. The molecule has 0 unspecified atom stereocenters. The lowest BCUT2D eigenvalue weighted by atomic mass is 10.1. The van der Waals surface area contributed by atoms with Crippen molar-refractivity contribution in [2.75, 3.05) is 19.0 Å². The fourth-order valence-corrected chi connectivity index (χ4v) is 2.74. The van der Waals surface area contributed by atoms with E-state index in [1.54, 1.807) is 18.3 Å². The monoisotopic (exact) mass is 395 g/mol. The Bertz CT molecular complexity index is 1080. The van der Waals surface area contributed by atoms with Crippen LogP contribution in [0.3, 0.4) is 0 Å². The second-order valence-corrected chi connectivity index (χ2v) is 6.02. The van der Waals surface area contributed by atoms with Crippen LogP contribution in [0.15, 0.2) is 54.7 Å². The number of rotatable bonds is 7. The van der Waals surface area contributed by atoms with Gasteiger partial charge in [0.05, 0.1) is 30.0 Å². The summed E-state index contributed by atoms with van der Waals surface area (Å²) in [6.07, 6.45) is 1.58. The topological polar surface area (TPSA) is 121 Å². The molecule has 1 aromatic heterocycles. The minimum Gasteiger partial charge on any atom is -0.496 e. The summed E-state index contributed by atoms with van der Waals surface area (Å²) in [6.45, 7) is -0.569. The average molecular weight is 395 g/mol. The number of anilines is 1. The van der Waals surface area contributed by atoms with Crippen molar-refractivity contribution in [1.82, 2.24) is 4.98 Å². The number of esters is 1. The van der Waals surface area contributed by atoms with Gasteiger partial charge in [0.1, 0.15) is 11.4 Å². The van der Waals surface area contributed by atoms with Crippen LogP contribution in [0.25, 0.3) is 10.9 Å². The molecule has 9 heteroatoms. The van der Waals surface area contributed by atoms with Gasteiger partial charge in [0, 0.05) is 11.6 Å². The lowest BCUT2D eigenvalue weighted by Gasteiger charge is -2.09. The third-order valence-electron chi connectivity index (χ3n) is 4.09. The van der Waals surface area contributed by atoms with Gasteiger partial charge in [-0.3, -0.25) is 24.7 Å². The van der Waals surface area contributed by atoms with E-state index in [-0.39, 0.29) is 23.5 Å². The van der Waals surface area contributed by atoms with E-state index in [0.717, 1.165) is 5.39 Å². The molecule has 0 saturated heterocycles. The number of hydrogen-bond acceptors (Lipinski definition) is 7. The van der Waals surface area contributed by atoms with E-state index in [1.165, 1.54) is 25.3 Å². The number of methoxy groups -OCH3 is 1. The molecule has 29 heavy (non-hydrogen) atoms. The normalized spacial score (nSPS) is 10.4. The number of carbonyl (C=O) groups excluding carboxylic acids is 2. The van der Waals surface area contributed by atoms with Crippen LogP contribution in [0, 0.1) is 10.1 Å². The molecule has 2 aromatic carbocycles. The van der Waals surface area contributed by atoms with Gasteiger partial charge in [-0.05, 0) is 23.8 Å². The number of pyridine rings is 1. The van der Waals surface area contributed by atoms with Gasteiger partial charge in [0.2, 0.25) is 0 Å². The van der Waals surface area contributed by atoms with Crippen LogP contribution in [0.1, 0.15) is 5.56 Å². The Kier molecular flexibility index (Phi) is 5.98. The first kappa shape index (κ1) is 19.7. The molecule has 9 nitrogen and oxygen atoms in total. The Morgan fingerprint density at radius 3 is 2.72 bits per heavy atom. The summed E-state index contributed by atoms with van der Waals surface area (Å²) in [7, 11) is 1.38. The molecule has 1 N–H and O–H groups in total. The summed E-state index contributed by atoms with van der Waals surface area (Å²) in [6, 6.07) is 13.1. The van der Waals surface area contributed by atoms with Gasteiger partial charge in [-0.1, -0.05) is 24.3 Å². The quantitative estimate of drug-likeness (QED) is 0.371. The van der Waals surface area contributed by atoms with Gasteiger partial charge in [-0.2, -0.15) is 0 Å². The van der Waals surface area contributed by atoms with Gasteiger partial charge < -0.3 is 14.8 Å². The van der Waals surface area contributed by atoms with Crippen molar-refractivity contribution in [3.8, 4) is 5.75 Å². The maximum Gasteiger partial charge on any atom is 0.310 e. The van der Waals surface area contributed by atoms with E-state index in [4.69, 9.17) is 9.47 Å². The highest BCUT2D eigenvalue weighted by Crippen LogP contribution is 2.28. The standard InChI is InChI=1S/C20H17N3O6/c1-28-15-7-8-16(17(11-15)23(26)27)22-18(24)12-29-19(25)10-14-5-2-4-13-6-3-9-21-20(13)14/h2-9,11H,10,12H2,1H3,(H,22,24). The molecule has 0 aliphatic carbocycles. The molecule has 0 saturated carbocycles. The third-order valence-corrected chi connectivity index (χ3v) is 4.09. The molecule has 1 heterocycles. The van der Waals surface area contributed by atoms with Crippen molar-refractivity contribution in [3.63, 3.8) is 0 Å². The number of para-hydroxylation sites is 1. The molecule has 0 bridgehead atoms. The van der Waals surface area contributed by atoms with E-state index in [0.29, 0.717) is 11.1 Å². The number of nitro benzene ring substituents is 1. The summed E-state index contributed by atoms with van der Waals surface area (Å²) < 4.78 is 9.94. The highest BCUT2D eigenvalue weighted by Gasteiger charge is 2.18. The number of nitrogens with zero attached hydrogens (tertiary/aromatic N) is 2. The van der Waals surface area contributed by atoms with Crippen molar-refractivity contribution >= 4 is 34.2 Å². The van der Waals surface area contributed by atoms with Crippen LogP contribution >= 0.6 is 0 Å². The smallest absolute Gasteiger partial charge is 0.310 e. The first-order valence-corrected chi connectivity index (χ1v) is 8.58. The molecule has 0 aliphatic rings. The summed E-state index contributed by atoms with van der Waals surface area (Å²) >= 11 is 0. The summed E-state index contributed by atoms with van der Waals surface area (Å²) in [5.41, 5.74) is 1.02. The largest absolute Gasteiger partial charge is 0.496 e. The van der Waals surface area contributed by atoms with Crippen molar-refractivity contribution in [2.24, 2.45) is 0 Å². The first-order chi connectivity index (χ1) is 14.0. The molecule has 148 valence electrons. The van der Waals surface area contributed by atoms with E-state index in [2.05, 4.69) is 10.3 Å². The number of hydrogen-bond donors (Lipinski definition) is 1. The van der Waals surface area contributed by atoms with Crippen molar-refractivity contribution in [2.45, 2.75) is 6.42 Å². The first-order valence-electron chi connectivity index (χ1n) is 8.58. The molecule has 0 aliphatic heterocycles. The lowest BCUT2D eigenvalue weighted by molar-refractivity contribution is -0.384. The van der Waals surface area contributed by atoms with Crippen LogP contribution in [0.4, 0.5) is 11.4 Å². The van der Waals surface area contributed by atoms with E-state index >= 15 is 0 Å². The van der Waals surface area contributed by atoms with E-state index < -0.39 is 23.4 Å². The van der Waals surface area contributed by atoms with Crippen LogP contribution in [0.2, 0.25) is 0 Å². The number of aromatic nitrogens is 1. The Hall–Kier alpha value is -4.01. The molecule has 0 spiro atoms. The second-order valence-electron chi connectivity index (χ2n) is 6.02.